The Bertz CT molecular complexity index is 941. The highest BCUT2D eigenvalue weighted by Crippen LogP contribution is 2.19. The molecule has 1 saturated heterocycles. The van der Waals surface area contributed by atoms with Crippen molar-refractivity contribution in [3.63, 3.8) is 0 Å². The molecule has 31 heavy (non-hydrogen) atoms. The topological polar surface area (TPSA) is 57.5 Å². The monoisotopic (exact) mass is 530 g/mol. The standard InChI is InChI=1S/C24H30N6.HI/c1-25-24(26-17-21-14-16-30(28-21)22-11-6-3-7-12-22)27-18-23-13-8-15-29(23)19-20-9-4-2-5-10-20;/h2-7,9-12,14,16,23H,8,13,15,17-19H2,1H3,(H2,25,26,27);1H. The van der Waals surface area contributed by atoms with E-state index in [0.717, 1.165) is 37.0 Å². The van der Waals surface area contributed by atoms with Crippen molar-refractivity contribution in [1.82, 2.24) is 25.3 Å². The SMILES string of the molecule is CN=C(NCc1ccn(-c2ccccc2)n1)NCC1CCCN1Cc1ccccc1.I. The molecular weight excluding hydrogens is 499 g/mol. The zero-order valence-corrected chi connectivity index (χ0v) is 20.3. The van der Waals surface area contributed by atoms with E-state index >= 15 is 0 Å². The summed E-state index contributed by atoms with van der Waals surface area (Å²) in [7, 11) is 1.81. The lowest BCUT2D eigenvalue weighted by Crippen LogP contribution is -2.44. The predicted octanol–water partition coefficient (Wildman–Crippen LogP) is 3.82. The molecule has 0 saturated carbocycles. The molecule has 1 atom stereocenters. The highest BCUT2D eigenvalue weighted by atomic mass is 127. The molecule has 4 rings (SSSR count). The van der Waals surface area contributed by atoms with Crippen LogP contribution in [0.15, 0.2) is 77.9 Å². The second-order valence-electron chi connectivity index (χ2n) is 7.65. The molecule has 2 aromatic carbocycles. The van der Waals surface area contributed by atoms with E-state index in [1.807, 2.05) is 54.3 Å². The second kappa shape index (κ2) is 11.9. The summed E-state index contributed by atoms with van der Waals surface area (Å²) >= 11 is 0. The summed E-state index contributed by atoms with van der Waals surface area (Å²) in [6.07, 6.45) is 4.46. The zero-order chi connectivity index (χ0) is 20.6. The lowest BCUT2D eigenvalue weighted by Gasteiger charge is -2.25. The number of halogens is 1. The molecule has 2 N–H and O–H groups in total. The Morgan fingerprint density at radius 2 is 1.77 bits per heavy atom. The highest BCUT2D eigenvalue weighted by Gasteiger charge is 2.24. The molecule has 1 fully saturated rings. The summed E-state index contributed by atoms with van der Waals surface area (Å²) in [5.74, 6) is 0.816. The molecule has 0 aliphatic carbocycles. The zero-order valence-electron chi connectivity index (χ0n) is 17.9. The molecule has 0 radical (unpaired) electrons. The van der Waals surface area contributed by atoms with Crippen molar-refractivity contribution in [2.24, 2.45) is 4.99 Å². The number of guanidine groups is 1. The third-order valence-electron chi connectivity index (χ3n) is 5.56. The van der Waals surface area contributed by atoms with Crippen LogP contribution in [0.5, 0.6) is 0 Å². The Kier molecular flexibility index (Phi) is 8.90. The largest absolute Gasteiger partial charge is 0.355 e. The minimum Gasteiger partial charge on any atom is -0.355 e. The number of benzene rings is 2. The van der Waals surface area contributed by atoms with Crippen LogP contribution in [0, 0.1) is 0 Å². The van der Waals surface area contributed by atoms with E-state index in [1.165, 1.54) is 18.4 Å². The molecule has 1 aliphatic rings. The van der Waals surface area contributed by atoms with E-state index in [2.05, 4.69) is 56.0 Å². The number of likely N-dealkylation sites (tertiary alicyclic amines) is 1. The number of aromatic nitrogens is 2. The summed E-state index contributed by atoms with van der Waals surface area (Å²) in [5, 5.41) is 11.5. The first-order valence-electron chi connectivity index (χ1n) is 10.6. The Hall–Kier alpha value is -2.39. The van der Waals surface area contributed by atoms with Crippen LogP contribution in [0.1, 0.15) is 24.1 Å². The van der Waals surface area contributed by atoms with Gasteiger partial charge in [-0.15, -0.1) is 24.0 Å². The van der Waals surface area contributed by atoms with Crippen LogP contribution >= 0.6 is 24.0 Å². The lowest BCUT2D eigenvalue weighted by atomic mass is 10.2. The molecule has 1 unspecified atom stereocenters. The molecule has 0 amide bonds. The maximum atomic E-state index is 4.65. The summed E-state index contributed by atoms with van der Waals surface area (Å²) in [4.78, 5) is 6.95. The molecule has 6 nitrogen and oxygen atoms in total. The normalized spacial score (nSPS) is 16.7. The van der Waals surface area contributed by atoms with Crippen molar-refractivity contribution in [3.8, 4) is 5.69 Å². The molecule has 1 aromatic heterocycles. The van der Waals surface area contributed by atoms with E-state index in [-0.39, 0.29) is 24.0 Å². The fraction of sp³-hybridized carbons (Fsp3) is 0.333. The molecule has 3 aromatic rings. The summed E-state index contributed by atoms with van der Waals surface area (Å²) < 4.78 is 1.90. The first-order valence-corrected chi connectivity index (χ1v) is 10.6. The Morgan fingerprint density at radius 3 is 2.52 bits per heavy atom. The smallest absolute Gasteiger partial charge is 0.191 e. The molecule has 1 aliphatic heterocycles. The fourth-order valence-electron chi connectivity index (χ4n) is 3.94. The first kappa shape index (κ1) is 23.3. The number of hydrogen-bond donors (Lipinski definition) is 2. The fourth-order valence-corrected chi connectivity index (χ4v) is 3.94. The Morgan fingerprint density at radius 1 is 1.03 bits per heavy atom. The molecule has 164 valence electrons. The van der Waals surface area contributed by atoms with Crippen LogP contribution in [0.4, 0.5) is 0 Å². The quantitative estimate of drug-likeness (QED) is 0.277. The van der Waals surface area contributed by atoms with Gasteiger partial charge in [-0.2, -0.15) is 5.10 Å². The van der Waals surface area contributed by atoms with Crippen LogP contribution in [0.25, 0.3) is 5.69 Å². The van der Waals surface area contributed by atoms with Gasteiger partial charge in [0.15, 0.2) is 5.96 Å². The number of aliphatic imine (C=N–C) groups is 1. The van der Waals surface area contributed by atoms with Gasteiger partial charge in [-0.05, 0) is 43.1 Å². The summed E-state index contributed by atoms with van der Waals surface area (Å²) in [6, 6.07) is 23.4. The number of para-hydroxylation sites is 1. The number of nitrogens with one attached hydrogen (secondary N) is 2. The van der Waals surface area contributed by atoms with Gasteiger partial charge in [0.05, 0.1) is 17.9 Å². The van der Waals surface area contributed by atoms with Crippen LogP contribution in [-0.2, 0) is 13.1 Å². The maximum absolute atomic E-state index is 4.65. The number of nitrogens with zero attached hydrogens (tertiary/aromatic N) is 4. The number of rotatable bonds is 7. The number of hydrogen-bond acceptors (Lipinski definition) is 3. The average molecular weight is 530 g/mol. The van der Waals surface area contributed by atoms with Gasteiger partial charge in [-0.1, -0.05) is 48.5 Å². The van der Waals surface area contributed by atoms with Crippen LogP contribution in [0.2, 0.25) is 0 Å². The Labute approximate surface area is 201 Å². The van der Waals surface area contributed by atoms with Crippen molar-refractivity contribution < 1.29 is 0 Å². The van der Waals surface area contributed by atoms with Gasteiger partial charge in [-0.3, -0.25) is 9.89 Å². The molecule has 7 heteroatoms. The van der Waals surface area contributed by atoms with Gasteiger partial charge in [0.2, 0.25) is 0 Å². The third kappa shape index (κ3) is 6.54. The van der Waals surface area contributed by atoms with E-state index in [1.54, 1.807) is 0 Å². The highest BCUT2D eigenvalue weighted by molar-refractivity contribution is 14.0. The lowest BCUT2D eigenvalue weighted by molar-refractivity contribution is 0.245. The molecular formula is C24H31IN6. The van der Waals surface area contributed by atoms with Crippen molar-refractivity contribution >= 4 is 29.9 Å². The van der Waals surface area contributed by atoms with Crippen molar-refractivity contribution in [3.05, 3.63) is 84.2 Å². The molecule has 0 bridgehead atoms. The van der Waals surface area contributed by atoms with Gasteiger partial charge in [0.1, 0.15) is 0 Å². The van der Waals surface area contributed by atoms with E-state index in [4.69, 9.17) is 0 Å². The Balaban J connectivity index is 0.00000272. The predicted molar refractivity (Wildman–Crippen MR) is 137 cm³/mol. The van der Waals surface area contributed by atoms with Crippen LogP contribution < -0.4 is 10.6 Å². The average Bonchev–Trinajstić information content (AvgIpc) is 3.45. The molecule has 0 spiro atoms. The van der Waals surface area contributed by atoms with Gasteiger partial charge >= 0.3 is 0 Å². The van der Waals surface area contributed by atoms with Gasteiger partial charge in [-0.25, -0.2) is 4.68 Å². The maximum Gasteiger partial charge on any atom is 0.191 e. The molecule has 2 heterocycles. The van der Waals surface area contributed by atoms with E-state index < -0.39 is 0 Å². The first-order chi connectivity index (χ1) is 14.8. The summed E-state index contributed by atoms with van der Waals surface area (Å²) in [5.41, 5.74) is 3.42. The third-order valence-corrected chi connectivity index (χ3v) is 5.56. The van der Waals surface area contributed by atoms with Gasteiger partial charge < -0.3 is 10.6 Å². The second-order valence-corrected chi connectivity index (χ2v) is 7.65. The van der Waals surface area contributed by atoms with Gasteiger partial charge in [0, 0.05) is 32.4 Å². The van der Waals surface area contributed by atoms with Crippen molar-refractivity contribution in [1.29, 1.82) is 0 Å². The van der Waals surface area contributed by atoms with Crippen LogP contribution in [0.3, 0.4) is 0 Å². The van der Waals surface area contributed by atoms with E-state index in [9.17, 15) is 0 Å². The minimum atomic E-state index is 0. The van der Waals surface area contributed by atoms with Crippen LogP contribution in [-0.4, -0.2) is 46.8 Å². The minimum absolute atomic E-state index is 0. The van der Waals surface area contributed by atoms with E-state index in [0.29, 0.717) is 12.6 Å². The summed E-state index contributed by atoms with van der Waals surface area (Å²) in [6.45, 7) is 3.70. The van der Waals surface area contributed by atoms with Gasteiger partial charge in [0.25, 0.3) is 0 Å². The van der Waals surface area contributed by atoms with Crippen molar-refractivity contribution in [2.75, 3.05) is 20.1 Å². The van der Waals surface area contributed by atoms with Crippen molar-refractivity contribution in [2.45, 2.75) is 32.0 Å².